The molecule has 2 atom stereocenters. The van der Waals surface area contributed by atoms with Crippen LogP contribution in [0.1, 0.15) is 17.9 Å². The van der Waals surface area contributed by atoms with E-state index in [1.54, 1.807) is 6.07 Å². The van der Waals surface area contributed by atoms with Crippen LogP contribution in [0.25, 0.3) is 0 Å². The van der Waals surface area contributed by atoms with Gasteiger partial charge in [-0.3, -0.25) is 0 Å². The number of aliphatic hydroxyl groups is 1. The summed E-state index contributed by atoms with van der Waals surface area (Å²) in [5.74, 6) is 0.275. The van der Waals surface area contributed by atoms with Crippen LogP contribution in [-0.4, -0.2) is 18.3 Å². The van der Waals surface area contributed by atoms with Crippen molar-refractivity contribution in [3.05, 3.63) is 33.8 Å². The molecular formula is C11H13Cl2NO. The maximum atomic E-state index is 9.28. The Hall–Kier alpha value is -0.280. The summed E-state index contributed by atoms with van der Waals surface area (Å²) >= 11 is 11.9. The maximum absolute atomic E-state index is 9.28. The number of aliphatic hydroxyl groups excluding tert-OH is 1. The first-order valence-corrected chi connectivity index (χ1v) is 5.64. The number of hydrogen-bond donors (Lipinski definition) is 2. The summed E-state index contributed by atoms with van der Waals surface area (Å²) in [5, 5.41) is 10.6. The fourth-order valence-corrected chi connectivity index (χ4v) is 2.58. The molecule has 15 heavy (non-hydrogen) atoms. The Morgan fingerprint density at radius 3 is 2.67 bits per heavy atom. The minimum Gasteiger partial charge on any atom is -0.396 e. The molecule has 0 aromatic heterocycles. The second-order valence-electron chi connectivity index (χ2n) is 4.15. The van der Waals surface area contributed by atoms with Gasteiger partial charge in [0.05, 0.1) is 6.61 Å². The normalized spacial score (nSPS) is 29.2. The number of nitrogens with two attached hydrogens (primary N) is 1. The summed E-state index contributed by atoms with van der Waals surface area (Å²) in [5.41, 5.74) is 6.54. The predicted octanol–water partition coefficient (Wildman–Crippen LogP) is 2.42. The number of hydrogen-bond acceptors (Lipinski definition) is 2. The molecule has 0 spiro atoms. The largest absolute Gasteiger partial charge is 0.396 e. The van der Waals surface area contributed by atoms with Crippen LogP contribution in [0.15, 0.2) is 18.2 Å². The molecule has 1 aromatic carbocycles. The third-order valence-corrected chi connectivity index (χ3v) is 3.81. The Labute approximate surface area is 99.0 Å². The van der Waals surface area contributed by atoms with Crippen molar-refractivity contribution in [1.82, 2.24) is 0 Å². The van der Waals surface area contributed by atoms with E-state index in [9.17, 15) is 5.11 Å². The van der Waals surface area contributed by atoms with Crippen molar-refractivity contribution in [1.29, 1.82) is 0 Å². The smallest absolute Gasteiger partial charge is 0.0505 e. The van der Waals surface area contributed by atoms with Gasteiger partial charge in [0.2, 0.25) is 0 Å². The van der Waals surface area contributed by atoms with Gasteiger partial charge in [-0.1, -0.05) is 29.3 Å². The van der Waals surface area contributed by atoms with Crippen LogP contribution in [0.3, 0.4) is 0 Å². The molecule has 1 aliphatic rings. The topological polar surface area (TPSA) is 46.2 Å². The number of halogens is 2. The minimum absolute atomic E-state index is 0.118. The number of benzene rings is 1. The first-order valence-electron chi connectivity index (χ1n) is 4.89. The van der Waals surface area contributed by atoms with Gasteiger partial charge in [0.1, 0.15) is 0 Å². The number of rotatable bonds is 3. The SMILES string of the molecule is NC[C@]1(CO)C[C@H]1c1ccc(Cl)cc1Cl. The van der Waals surface area contributed by atoms with E-state index < -0.39 is 0 Å². The van der Waals surface area contributed by atoms with Crippen molar-refractivity contribution in [3.63, 3.8) is 0 Å². The first-order chi connectivity index (χ1) is 7.13. The predicted molar refractivity (Wildman–Crippen MR) is 62.4 cm³/mol. The highest BCUT2D eigenvalue weighted by atomic mass is 35.5. The molecule has 3 N–H and O–H groups in total. The van der Waals surface area contributed by atoms with Crippen molar-refractivity contribution in [3.8, 4) is 0 Å². The zero-order valence-corrected chi connectivity index (χ0v) is 9.72. The Morgan fingerprint density at radius 1 is 1.47 bits per heavy atom. The minimum atomic E-state index is -0.155. The van der Waals surface area contributed by atoms with Gasteiger partial charge in [-0.05, 0) is 30.0 Å². The van der Waals surface area contributed by atoms with Crippen LogP contribution in [0.5, 0.6) is 0 Å². The molecule has 0 saturated heterocycles. The van der Waals surface area contributed by atoms with Crippen LogP contribution in [0, 0.1) is 5.41 Å². The molecule has 4 heteroatoms. The monoisotopic (exact) mass is 245 g/mol. The fraction of sp³-hybridized carbons (Fsp3) is 0.455. The van der Waals surface area contributed by atoms with E-state index in [4.69, 9.17) is 28.9 Å². The van der Waals surface area contributed by atoms with E-state index in [-0.39, 0.29) is 17.9 Å². The van der Waals surface area contributed by atoms with Crippen LogP contribution in [0.4, 0.5) is 0 Å². The summed E-state index contributed by atoms with van der Waals surface area (Å²) in [6, 6.07) is 5.47. The molecule has 0 amide bonds. The molecule has 0 heterocycles. The van der Waals surface area contributed by atoms with Gasteiger partial charge < -0.3 is 10.8 Å². The van der Waals surface area contributed by atoms with Gasteiger partial charge >= 0.3 is 0 Å². The molecule has 1 fully saturated rings. The highest BCUT2D eigenvalue weighted by Crippen LogP contribution is 2.59. The van der Waals surface area contributed by atoms with Crippen molar-refractivity contribution in [2.45, 2.75) is 12.3 Å². The summed E-state index contributed by atoms with van der Waals surface area (Å²) in [4.78, 5) is 0. The standard InChI is InChI=1S/C11H13Cl2NO/c12-7-1-2-8(10(13)3-7)9-4-11(9,5-14)6-15/h1-3,9,15H,4-6,14H2/t9-,11-/m0/s1. The molecule has 82 valence electrons. The average molecular weight is 246 g/mol. The van der Waals surface area contributed by atoms with Crippen LogP contribution >= 0.6 is 23.2 Å². The van der Waals surface area contributed by atoms with Crippen molar-refractivity contribution < 1.29 is 5.11 Å². The lowest BCUT2D eigenvalue weighted by molar-refractivity contribution is 0.211. The lowest BCUT2D eigenvalue weighted by atomic mass is 10.00. The van der Waals surface area contributed by atoms with Gasteiger partial charge in [0.15, 0.2) is 0 Å². The van der Waals surface area contributed by atoms with E-state index >= 15 is 0 Å². The lowest BCUT2D eigenvalue weighted by Crippen LogP contribution is -2.21. The molecule has 0 unspecified atom stereocenters. The van der Waals surface area contributed by atoms with Gasteiger partial charge in [-0.25, -0.2) is 0 Å². The lowest BCUT2D eigenvalue weighted by Gasteiger charge is -2.12. The van der Waals surface area contributed by atoms with E-state index in [2.05, 4.69) is 0 Å². The Bertz CT molecular complexity index is 377. The van der Waals surface area contributed by atoms with Crippen molar-refractivity contribution in [2.24, 2.45) is 11.1 Å². The average Bonchev–Trinajstić information content (AvgIpc) is 2.93. The highest BCUT2D eigenvalue weighted by Gasteiger charge is 2.53. The van der Waals surface area contributed by atoms with Crippen molar-refractivity contribution >= 4 is 23.2 Å². The molecule has 1 saturated carbocycles. The molecule has 0 bridgehead atoms. The second kappa shape index (κ2) is 3.95. The van der Waals surface area contributed by atoms with Crippen LogP contribution < -0.4 is 5.73 Å². The summed E-state index contributed by atoms with van der Waals surface area (Å²) in [6.45, 7) is 0.611. The van der Waals surface area contributed by atoms with Gasteiger partial charge in [0.25, 0.3) is 0 Å². The van der Waals surface area contributed by atoms with Gasteiger partial charge in [0, 0.05) is 22.0 Å². The molecule has 1 aliphatic carbocycles. The first kappa shape index (κ1) is 11.2. The second-order valence-corrected chi connectivity index (χ2v) is 4.99. The Morgan fingerprint density at radius 2 is 2.20 bits per heavy atom. The summed E-state index contributed by atoms with van der Waals surface area (Å²) in [6.07, 6.45) is 0.904. The van der Waals surface area contributed by atoms with Crippen molar-refractivity contribution in [2.75, 3.05) is 13.2 Å². The molecule has 0 radical (unpaired) electrons. The summed E-state index contributed by atoms with van der Waals surface area (Å²) in [7, 11) is 0. The van der Waals surface area contributed by atoms with Gasteiger partial charge in [-0.2, -0.15) is 0 Å². The van der Waals surface area contributed by atoms with Crippen LogP contribution in [0.2, 0.25) is 10.0 Å². The fourth-order valence-electron chi connectivity index (χ4n) is 2.04. The molecule has 1 aromatic rings. The van der Waals surface area contributed by atoms with Crippen LogP contribution in [-0.2, 0) is 0 Å². The van der Waals surface area contributed by atoms with E-state index in [1.165, 1.54) is 0 Å². The molecular weight excluding hydrogens is 233 g/mol. The zero-order valence-electron chi connectivity index (χ0n) is 8.21. The maximum Gasteiger partial charge on any atom is 0.0505 e. The quantitative estimate of drug-likeness (QED) is 0.860. The molecule has 2 rings (SSSR count). The van der Waals surface area contributed by atoms with E-state index in [1.807, 2.05) is 12.1 Å². The molecule has 0 aliphatic heterocycles. The van der Waals surface area contributed by atoms with Gasteiger partial charge in [-0.15, -0.1) is 0 Å². The zero-order chi connectivity index (χ0) is 11.1. The summed E-state index contributed by atoms with van der Waals surface area (Å²) < 4.78 is 0. The molecule has 2 nitrogen and oxygen atoms in total. The third kappa shape index (κ3) is 1.87. The third-order valence-electron chi connectivity index (χ3n) is 3.25. The van der Waals surface area contributed by atoms with E-state index in [0.29, 0.717) is 16.6 Å². The van der Waals surface area contributed by atoms with E-state index in [0.717, 1.165) is 12.0 Å². The highest BCUT2D eigenvalue weighted by molar-refractivity contribution is 6.35. The Kier molecular flexibility index (Phi) is 2.95. The Balaban J connectivity index is 2.26.